The zero-order valence-corrected chi connectivity index (χ0v) is 18.0. The van der Waals surface area contributed by atoms with E-state index in [-0.39, 0.29) is 18.2 Å². The average molecular weight is 418 g/mol. The number of rotatable bonds is 6. The number of aromatic nitrogens is 2. The molecule has 1 N–H and O–H groups in total. The Morgan fingerprint density at radius 3 is 2.84 bits per heavy atom. The van der Waals surface area contributed by atoms with E-state index in [1.54, 1.807) is 29.1 Å². The average Bonchev–Trinajstić information content (AvgIpc) is 3.34. The number of hydrogen-bond acceptors (Lipinski definition) is 4. The molecule has 0 radical (unpaired) electrons. The normalized spacial score (nSPS) is 15.9. The van der Waals surface area contributed by atoms with Crippen molar-refractivity contribution in [2.24, 2.45) is 5.92 Å². The van der Waals surface area contributed by atoms with Gasteiger partial charge < -0.3 is 15.0 Å². The Balaban J connectivity index is 1.39. The van der Waals surface area contributed by atoms with E-state index in [1.807, 2.05) is 56.3 Å². The van der Waals surface area contributed by atoms with Crippen LogP contribution < -0.4 is 15.0 Å². The number of amides is 2. The second kappa shape index (κ2) is 8.63. The molecule has 160 valence electrons. The first-order valence-electron chi connectivity index (χ1n) is 10.3. The molecule has 7 heteroatoms. The van der Waals surface area contributed by atoms with Crippen LogP contribution in [0.5, 0.6) is 5.75 Å². The van der Waals surface area contributed by atoms with Gasteiger partial charge in [0.1, 0.15) is 5.75 Å². The van der Waals surface area contributed by atoms with Gasteiger partial charge in [-0.25, -0.2) is 0 Å². The number of carbonyl (C=O) groups is 2. The fraction of sp³-hybridized carbons (Fsp3) is 0.292. The van der Waals surface area contributed by atoms with Gasteiger partial charge in [-0.05, 0) is 43.2 Å². The van der Waals surface area contributed by atoms with E-state index in [2.05, 4.69) is 10.4 Å². The first-order valence-corrected chi connectivity index (χ1v) is 10.3. The van der Waals surface area contributed by atoms with Crippen molar-refractivity contribution in [2.45, 2.75) is 26.8 Å². The van der Waals surface area contributed by atoms with Gasteiger partial charge in [-0.3, -0.25) is 14.3 Å². The third-order valence-corrected chi connectivity index (χ3v) is 5.52. The second-order valence-electron chi connectivity index (χ2n) is 7.96. The summed E-state index contributed by atoms with van der Waals surface area (Å²) in [5, 5.41) is 7.23. The molecule has 3 aromatic rings. The van der Waals surface area contributed by atoms with Crippen LogP contribution in [0, 0.1) is 19.8 Å². The van der Waals surface area contributed by atoms with Crippen LogP contribution in [0.1, 0.15) is 23.1 Å². The first-order chi connectivity index (χ1) is 14.9. The Hall–Kier alpha value is -3.61. The molecule has 7 nitrogen and oxygen atoms in total. The summed E-state index contributed by atoms with van der Waals surface area (Å²) in [6.07, 6.45) is 3.61. The van der Waals surface area contributed by atoms with Crippen LogP contribution in [0.2, 0.25) is 0 Å². The van der Waals surface area contributed by atoms with Crippen LogP contribution in [0.3, 0.4) is 0 Å². The summed E-state index contributed by atoms with van der Waals surface area (Å²) in [5.41, 5.74) is 4.72. The number of methoxy groups -OCH3 is 1. The quantitative estimate of drug-likeness (QED) is 0.664. The molecule has 0 aliphatic carbocycles. The lowest BCUT2D eigenvalue weighted by Gasteiger charge is -2.19. The molecule has 2 aromatic carbocycles. The largest absolute Gasteiger partial charge is 0.497 e. The topological polar surface area (TPSA) is 76.5 Å². The highest BCUT2D eigenvalue weighted by molar-refractivity contribution is 6.03. The molecule has 0 bridgehead atoms. The predicted octanol–water partition coefficient (Wildman–Crippen LogP) is 3.55. The zero-order chi connectivity index (χ0) is 22.0. The minimum absolute atomic E-state index is 0.0270. The predicted molar refractivity (Wildman–Crippen MR) is 119 cm³/mol. The monoisotopic (exact) mass is 418 g/mol. The maximum absolute atomic E-state index is 12.8. The minimum Gasteiger partial charge on any atom is -0.497 e. The van der Waals surface area contributed by atoms with Gasteiger partial charge in [0.15, 0.2) is 0 Å². The van der Waals surface area contributed by atoms with E-state index >= 15 is 0 Å². The smallest absolute Gasteiger partial charge is 0.229 e. The van der Waals surface area contributed by atoms with E-state index < -0.39 is 5.92 Å². The van der Waals surface area contributed by atoms with Gasteiger partial charge in [-0.1, -0.05) is 29.8 Å². The van der Waals surface area contributed by atoms with Gasteiger partial charge in [0.2, 0.25) is 11.8 Å². The fourth-order valence-corrected chi connectivity index (χ4v) is 3.94. The van der Waals surface area contributed by atoms with Gasteiger partial charge in [0.25, 0.3) is 0 Å². The van der Waals surface area contributed by atoms with Gasteiger partial charge in [0, 0.05) is 24.8 Å². The van der Waals surface area contributed by atoms with Crippen molar-refractivity contribution in [1.29, 1.82) is 0 Å². The third-order valence-electron chi connectivity index (χ3n) is 5.52. The summed E-state index contributed by atoms with van der Waals surface area (Å²) in [7, 11) is 1.63. The van der Waals surface area contributed by atoms with Crippen LogP contribution in [0.25, 0.3) is 0 Å². The number of benzene rings is 2. The number of carbonyl (C=O) groups excluding carboxylic acids is 2. The summed E-state index contributed by atoms with van der Waals surface area (Å²) in [4.78, 5) is 27.1. The van der Waals surface area contributed by atoms with Crippen molar-refractivity contribution in [3.05, 3.63) is 71.5 Å². The Labute approximate surface area is 181 Å². The molecule has 1 aliphatic heterocycles. The van der Waals surface area contributed by atoms with Crippen molar-refractivity contribution in [3.63, 3.8) is 0 Å². The molecule has 0 spiro atoms. The van der Waals surface area contributed by atoms with Gasteiger partial charge in [-0.2, -0.15) is 5.10 Å². The lowest BCUT2D eigenvalue weighted by molar-refractivity contribution is -0.122. The molecule has 1 aromatic heterocycles. The van der Waals surface area contributed by atoms with Crippen LogP contribution in [-0.4, -0.2) is 35.2 Å². The summed E-state index contributed by atoms with van der Waals surface area (Å²) < 4.78 is 7.01. The van der Waals surface area contributed by atoms with Gasteiger partial charge in [0.05, 0.1) is 31.5 Å². The lowest BCUT2D eigenvalue weighted by atomic mass is 10.1. The van der Waals surface area contributed by atoms with Crippen LogP contribution in [0.15, 0.2) is 54.9 Å². The molecule has 0 saturated carbocycles. The lowest BCUT2D eigenvalue weighted by Crippen LogP contribution is -2.28. The third kappa shape index (κ3) is 4.60. The Bertz CT molecular complexity index is 1120. The summed E-state index contributed by atoms with van der Waals surface area (Å²) in [6.45, 7) is 4.95. The van der Waals surface area contributed by atoms with Crippen LogP contribution in [0.4, 0.5) is 11.4 Å². The number of aryl methyl sites for hydroxylation is 2. The van der Waals surface area contributed by atoms with Gasteiger partial charge >= 0.3 is 0 Å². The van der Waals surface area contributed by atoms with E-state index in [1.165, 1.54) is 0 Å². The zero-order valence-electron chi connectivity index (χ0n) is 18.0. The molecule has 4 rings (SSSR count). The first kappa shape index (κ1) is 20.7. The number of nitrogens with one attached hydrogen (secondary N) is 1. The molecule has 1 fully saturated rings. The Morgan fingerprint density at radius 2 is 2.06 bits per heavy atom. The van der Waals surface area contributed by atoms with Crippen molar-refractivity contribution < 1.29 is 14.3 Å². The summed E-state index contributed by atoms with van der Waals surface area (Å²) >= 11 is 0. The number of ether oxygens (including phenoxy) is 1. The number of hydrogen-bond donors (Lipinski definition) is 1. The molecular formula is C24H26N4O3. The van der Waals surface area contributed by atoms with Crippen molar-refractivity contribution >= 4 is 23.2 Å². The van der Waals surface area contributed by atoms with E-state index in [9.17, 15) is 9.59 Å². The van der Waals surface area contributed by atoms with E-state index in [0.29, 0.717) is 18.8 Å². The molecule has 1 unspecified atom stereocenters. The Kier molecular flexibility index (Phi) is 5.75. The Morgan fingerprint density at radius 1 is 1.23 bits per heavy atom. The van der Waals surface area contributed by atoms with Gasteiger partial charge in [-0.15, -0.1) is 0 Å². The number of nitrogens with zero attached hydrogens (tertiary/aromatic N) is 3. The summed E-state index contributed by atoms with van der Waals surface area (Å²) in [6, 6.07) is 13.7. The van der Waals surface area contributed by atoms with Crippen molar-refractivity contribution in [1.82, 2.24) is 9.78 Å². The highest BCUT2D eigenvalue weighted by atomic mass is 16.5. The molecule has 1 saturated heterocycles. The summed E-state index contributed by atoms with van der Waals surface area (Å²) in [5.74, 6) is 0.203. The van der Waals surface area contributed by atoms with Crippen molar-refractivity contribution in [2.75, 3.05) is 23.9 Å². The maximum atomic E-state index is 12.8. The molecule has 31 heavy (non-hydrogen) atoms. The molecule has 1 atom stereocenters. The van der Waals surface area contributed by atoms with E-state index in [0.717, 1.165) is 28.1 Å². The SMILES string of the molecule is COc1cccc(Cn2cc(NC(=O)C3CC(=O)N(c4ccc(C)cc4C)C3)cn2)c1. The van der Waals surface area contributed by atoms with E-state index in [4.69, 9.17) is 4.74 Å². The maximum Gasteiger partial charge on any atom is 0.229 e. The van der Waals surface area contributed by atoms with Crippen LogP contribution >= 0.6 is 0 Å². The molecule has 2 heterocycles. The molecule has 2 amide bonds. The standard InChI is InChI=1S/C24H26N4O3/c1-16-7-8-22(17(2)9-16)28-14-19(11-23(28)29)24(30)26-20-12-25-27(15-20)13-18-5-4-6-21(10-18)31-3/h4-10,12,15,19H,11,13-14H2,1-3H3,(H,26,30). The highest BCUT2D eigenvalue weighted by Gasteiger charge is 2.35. The molecule has 1 aliphatic rings. The molecular weight excluding hydrogens is 392 g/mol. The highest BCUT2D eigenvalue weighted by Crippen LogP contribution is 2.29. The van der Waals surface area contributed by atoms with Crippen molar-refractivity contribution in [3.8, 4) is 5.75 Å². The second-order valence-corrected chi connectivity index (χ2v) is 7.96. The van der Waals surface area contributed by atoms with Crippen LogP contribution in [-0.2, 0) is 16.1 Å². The number of anilines is 2. The minimum atomic E-state index is -0.394. The fourth-order valence-electron chi connectivity index (χ4n) is 3.94.